The lowest BCUT2D eigenvalue weighted by molar-refractivity contribution is -0.0539. The molecule has 2 aliphatic rings. The fourth-order valence-corrected chi connectivity index (χ4v) is 3.41. The van der Waals surface area contributed by atoms with Crippen LogP contribution in [-0.2, 0) is 9.47 Å². The van der Waals surface area contributed by atoms with Gasteiger partial charge in [-0.15, -0.1) is 0 Å². The maximum atomic E-state index is 12.5. The van der Waals surface area contributed by atoms with E-state index in [-0.39, 0.29) is 11.5 Å². The van der Waals surface area contributed by atoms with E-state index in [0.717, 1.165) is 19.6 Å². The van der Waals surface area contributed by atoms with Crippen molar-refractivity contribution in [2.75, 3.05) is 53.6 Å². The smallest absolute Gasteiger partial charge is 0.272 e. The number of hydrogen-bond acceptors (Lipinski definition) is 5. The van der Waals surface area contributed by atoms with Crippen LogP contribution in [0.25, 0.3) is 0 Å². The highest BCUT2D eigenvalue weighted by Gasteiger charge is 2.44. The summed E-state index contributed by atoms with van der Waals surface area (Å²) in [5.74, 6) is 0.447. The molecule has 1 amide bonds. The summed E-state index contributed by atoms with van der Waals surface area (Å²) in [5, 5.41) is 6.59. The highest BCUT2D eigenvalue weighted by atomic mass is 16.5. The van der Waals surface area contributed by atoms with E-state index in [1.165, 1.54) is 0 Å². The number of carbonyl (C=O) groups is 1. The molecule has 1 spiro atoms. The predicted octanol–water partition coefficient (Wildman–Crippen LogP) is 0.219. The van der Waals surface area contributed by atoms with Crippen LogP contribution in [0.3, 0.4) is 0 Å². The lowest BCUT2D eigenvalue weighted by Crippen LogP contribution is -2.46. The Hall–Kier alpha value is -1.44. The van der Waals surface area contributed by atoms with Gasteiger partial charge >= 0.3 is 0 Å². The fourth-order valence-electron chi connectivity index (χ4n) is 3.41. The van der Waals surface area contributed by atoms with Crippen LogP contribution in [0.1, 0.15) is 16.9 Å². The van der Waals surface area contributed by atoms with Crippen LogP contribution in [0.2, 0.25) is 0 Å². The first-order chi connectivity index (χ1) is 10.6. The number of ether oxygens (including phenoxy) is 2. The number of aromatic nitrogens is 2. The number of aromatic amines is 1. The maximum Gasteiger partial charge on any atom is 0.272 e. The molecule has 1 aromatic heterocycles. The molecule has 0 bridgehead atoms. The molecular formula is C15H24N4O3. The average molecular weight is 308 g/mol. The molecule has 2 aliphatic heterocycles. The molecule has 7 nitrogen and oxygen atoms in total. The van der Waals surface area contributed by atoms with E-state index >= 15 is 0 Å². The van der Waals surface area contributed by atoms with Gasteiger partial charge < -0.3 is 19.3 Å². The van der Waals surface area contributed by atoms with Gasteiger partial charge in [0.1, 0.15) is 11.3 Å². The molecule has 22 heavy (non-hydrogen) atoms. The second kappa shape index (κ2) is 6.36. The molecule has 2 atom stereocenters. The van der Waals surface area contributed by atoms with Crippen LogP contribution in [-0.4, -0.2) is 85.1 Å². The van der Waals surface area contributed by atoms with Gasteiger partial charge in [-0.25, -0.2) is 0 Å². The summed E-state index contributed by atoms with van der Waals surface area (Å²) in [6, 6.07) is 1.70. The fraction of sp³-hybridized carbons (Fsp3) is 0.733. The molecule has 0 aromatic carbocycles. The molecule has 3 heterocycles. The summed E-state index contributed by atoms with van der Waals surface area (Å²) in [7, 11) is 4.14. The number of amides is 1. The van der Waals surface area contributed by atoms with E-state index in [1.807, 2.05) is 4.90 Å². The predicted molar refractivity (Wildman–Crippen MR) is 80.7 cm³/mol. The van der Waals surface area contributed by atoms with Crippen molar-refractivity contribution < 1.29 is 14.3 Å². The zero-order chi connectivity index (χ0) is 15.6. The van der Waals surface area contributed by atoms with Gasteiger partial charge in [0.25, 0.3) is 5.91 Å². The summed E-state index contributed by atoms with van der Waals surface area (Å²) >= 11 is 0. The molecule has 2 unspecified atom stereocenters. The molecule has 0 saturated carbocycles. The lowest BCUT2D eigenvalue weighted by atomic mass is 9.94. The molecule has 2 fully saturated rings. The second-order valence-electron chi connectivity index (χ2n) is 6.58. The molecule has 0 radical (unpaired) electrons. The van der Waals surface area contributed by atoms with Gasteiger partial charge in [0, 0.05) is 19.3 Å². The van der Waals surface area contributed by atoms with Crippen LogP contribution in [0.5, 0.6) is 0 Å². The first-order valence-electron chi connectivity index (χ1n) is 7.73. The normalized spacial score (nSPS) is 29.2. The molecule has 0 aliphatic carbocycles. The Bertz CT molecular complexity index is 505. The SMILES string of the molecule is CN(C)CC1COC2(COCCN(C(=O)c3ccn[nH]3)C2)C1. The van der Waals surface area contributed by atoms with Gasteiger partial charge in [-0.2, -0.15) is 5.10 Å². The zero-order valence-electron chi connectivity index (χ0n) is 13.2. The summed E-state index contributed by atoms with van der Waals surface area (Å²) < 4.78 is 11.8. The van der Waals surface area contributed by atoms with Gasteiger partial charge in [0.2, 0.25) is 0 Å². The summed E-state index contributed by atoms with van der Waals surface area (Å²) in [6.45, 7) is 3.99. The van der Waals surface area contributed by atoms with Gasteiger partial charge in [0.05, 0.1) is 26.4 Å². The third-order valence-corrected chi connectivity index (χ3v) is 4.28. The summed E-state index contributed by atoms with van der Waals surface area (Å²) in [6.07, 6.45) is 2.52. The molecule has 1 N–H and O–H groups in total. The van der Waals surface area contributed by atoms with E-state index < -0.39 is 0 Å². The molecule has 3 rings (SSSR count). The van der Waals surface area contributed by atoms with Crippen molar-refractivity contribution in [3.63, 3.8) is 0 Å². The highest BCUT2D eigenvalue weighted by Crippen LogP contribution is 2.33. The number of nitrogens with one attached hydrogen (secondary N) is 1. The van der Waals surface area contributed by atoms with Crippen molar-refractivity contribution in [1.29, 1.82) is 0 Å². The average Bonchev–Trinajstić information content (AvgIpc) is 3.07. The Morgan fingerprint density at radius 3 is 3.18 bits per heavy atom. The first-order valence-corrected chi connectivity index (χ1v) is 7.73. The van der Waals surface area contributed by atoms with Crippen molar-refractivity contribution in [3.8, 4) is 0 Å². The summed E-state index contributed by atoms with van der Waals surface area (Å²) in [4.78, 5) is 16.5. The van der Waals surface area contributed by atoms with Crippen LogP contribution in [0.4, 0.5) is 0 Å². The van der Waals surface area contributed by atoms with Crippen molar-refractivity contribution in [3.05, 3.63) is 18.0 Å². The second-order valence-corrected chi connectivity index (χ2v) is 6.58. The number of H-pyrrole nitrogens is 1. The Kier molecular flexibility index (Phi) is 4.46. The minimum atomic E-state index is -0.368. The van der Waals surface area contributed by atoms with Crippen molar-refractivity contribution >= 4 is 5.91 Å². The number of nitrogens with zero attached hydrogens (tertiary/aromatic N) is 3. The standard InChI is InChI=1S/C15H24N4O3/c1-18(2)8-12-7-15(22-9-12)10-19(5-6-21-11-15)14(20)13-3-4-16-17-13/h3-4,12H,5-11H2,1-2H3,(H,16,17). The lowest BCUT2D eigenvalue weighted by Gasteiger charge is -2.31. The van der Waals surface area contributed by atoms with Crippen molar-refractivity contribution in [1.82, 2.24) is 20.0 Å². The Balaban J connectivity index is 1.69. The Morgan fingerprint density at radius 1 is 1.59 bits per heavy atom. The largest absolute Gasteiger partial charge is 0.377 e. The third-order valence-electron chi connectivity index (χ3n) is 4.28. The first kappa shape index (κ1) is 15.5. The number of hydrogen-bond donors (Lipinski definition) is 1. The monoisotopic (exact) mass is 308 g/mol. The molecule has 2 saturated heterocycles. The maximum absolute atomic E-state index is 12.5. The van der Waals surface area contributed by atoms with Gasteiger partial charge in [0.15, 0.2) is 0 Å². The Labute approximate surface area is 130 Å². The van der Waals surface area contributed by atoms with Crippen LogP contribution in [0, 0.1) is 5.92 Å². The van der Waals surface area contributed by atoms with E-state index in [1.54, 1.807) is 12.3 Å². The van der Waals surface area contributed by atoms with Crippen LogP contribution < -0.4 is 0 Å². The third kappa shape index (κ3) is 3.31. The van der Waals surface area contributed by atoms with E-state index in [0.29, 0.717) is 37.9 Å². The van der Waals surface area contributed by atoms with E-state index in [4.69, 9.17) is 9.47 Å². The molecular weight excluding hydrogens is 284 g/mol. The Morgan fingerprint density at radius 2 is 2.45 bits per heavy atom. The number of carbonyl (C=O) groups excluding carboxylic acids is 1. The van der Waals surface area contributed by atoms with E-state index in [2.05, 4.69) is 29.2 Å². The highest BCUT2D eigenvalue weighted by molar-refractivity contribution is 5.92. The molecule has 122 valence electrons. The van der Waals surface area contributed by atoms with Crippen LogP contribution >= 0.6 is 0 Å². The van der Waals surface area contributed by atoms with Crippen LogP contribution in [0.15, 0.2) is 12.3 Å². The molecule has 7 heteroatoms. The zero-order valence-corrected chi connectivity index (χ0v) is 13.2. The quantitative estimate of drug-likeness (QED) is 0.865. The summed E-state index contributed by atoms with van der Waals surface area (Å²) in [5.41, 5.74) is 0.146. The number of rotatable bonds is 3. The van der Waals surface area contributed by atoms with Gasteiger partial charge in [-0.1, -0.05) is 0 Å². The van der Waals surface area contributed by atoms with Gasteiger partial charge in [-0.3, -0.25) is 9.89 Å². The molecule has 1 aromatic rings. The minimum Gasteiger partial charge on any atom is -0.377 e. The van der Waals surface area contributed by atoms with E-state index in [9.17, 15) is 4.79 Å². The van der Waals surface area contributed by atoms with Gasteiger partial charge in [-0.05, 0) is 32.5 Å². The van der Waals surface area contributed by atoms with Crippen molar-refractivity contribution in [2.45, 2.75) is 12.0 Å². The minimum absolute atomic E-state index is 0.0398. The van der Waals surface area contributed by atoms with Crippen molar-refractivity contribution in [2.24, 2.45) is 5.92 Å². The topological polar surface area (TPSA) is 70.7 Å².